The summed E-state index contributed by atoms with van der Waals surface area (Å²) in [6.45, 7) is 1.71. The normalized spacial score (nSPS) is 17.4. The number of carbonyl (C=O) groups excluding carboxylic acids is 1. The lowest BCUT2D eigenvalue weighted by atomic mass is 10.2. The molecule has 4 rings (SSSR count). The van der Waals surface area contributed by atoms with Gasteiger partial charge in [-0.25, -0.2) is 4.98 Å². The summed E-state index contributed by atoms with van der Waals surface area (Å²) < 4.78 is 0. The second kappa shape index (κ2) is 7.09. The largest absolute Gasteiger partial charge is 0.340 e. The number of thioether (sulfide) groups is 2. The molecule has 0 aromatic carbocycles. The van der Waals surface area contributed by atoms with Gasteiger partial charge in [-0.05, 0) is 24.8 Å². The lowest BCUT2D eigenvalue weighted by Crippen LogP contribution is -2.38. The van der Waals surface area contributed by atoms with E-state index in [2.05, 4.69) is 9.97 Å². The van der Waals surface area contributed by atoms with Crippen LogP contribution in [0.2, 0.25) is 0 Å². The predicted molar refractivity (Wildman–Crippen MR) is 102 cm³/mol. The van der Waals surface area contributed by atoms with Crippen molar-refractivity contribution in [3.8, 4) is 0 Å². The number of nitrogens with zero attached hydrogens (tertiary/aromatic N) is 2. The summed E-state index contributed by atoms with van der Waals surface area (Å²) in [5.41, 5.74) is 1.19. The third-order valence-corrected chi connectivity index (χ3v) is 7.51. The fourth-order valence-electron chi connectivity index (χ4n) is 3.25. The highest BCUT2D eigenvalue weighted by molar-refractivity contribution is 7.99. The zero-order valence-corrected chi connectivity index (χ0v) is 15.7. The minimum Gasteiger partial charge on any atom is -0.340 e. The molecule has 1 aliphatic carbocycles. The van der Waals surface area contributed by atoms with Crippen LogP contribution in [0.3, 0.4) is 0 Å². The average Bonchev–Trinajstić information content (AvgIpc) is 3.16. The summed E-state index contributed by atoms with van der Waals surface area (Å²) in [5, 5.41) is 0.795. The molecule has 1 saturated heterocycles. The van der Waals surface area contributed by atoms with E-state index in [1.54, 1.807) is 11.3 Å². The monoisotopic (exact) mass is 381 g/mol. The first-order chi connectivity index (χ1) is 11.7. The van der Waals surface area contributed by atoms with Crippen molar-refractivity contribution in [2.45, 2.75) is 25.0 Å². The molecular formula is C16H19N3O2S3. The maximum Gasteiger partial charge on any atom is 0.259 e. The van der Waals surface area contributed by atoms with E-state index in [4.69, 9.17) is 0 Å². The summed E-state index contributed by atoms with van der Waals surface area (Å²) in [7, 11) is 0. The van der Waals surface area contributed by atoms with E-state index in [0.29, 0.717) is 17.3 Å². The van der Waals surface area contributed by atoms with E-state index in [1.807, 2.05) is 16.7 Å². The molecule has 1 amide bonds. The molecule has 2 aromatic heterocycles. The zero-order chi connectivity index (χ0) is 16.5. The molecule has 0 bridgehead atoms. The Balaban J connectivity index is 1.42. The van der Waals surface area contributed by atoms with Crippen molar-refractivity contribution in [3.63, 3.8) is 0 Å². The van der Waals surface area contributed by atoms with E-state index < -0.39 is 0 Å². The van der Waals surface area contributed by atoms with Gasteiger partial charge in [0.1, 0.15) is 10.7 Å². The summed E-state index contributed by atoms with van der Waals surface area (Å²) >= 11 is 5.09. The molecule has 2 aromatic rings. The standard InChI is InChI=1S/C16H19N3O2S3/c20-13(19-4-6-22-7-5-19)9-23-8-12-17-15(21)14-10-2-1-3-11(10)24-16(14)18-12/h1-9H2,(H,17,18,21). The first-order valence-electron chi connectivity index (χ1n) is 8.19. The number of carbonyl (C=O) groups is 1. The van der Waals surface area contributed by atoms with Gasteiger partial charge in [0.2, 0.25) is 5.91 Å². The van der Waals surface area contributed by atoms with Gasteiger partial charge >= 0.3 is 0 Å². The topological polar surface area (TPSA) is 66.1 Å². The van der Waals surface area contributed by atoms with E-state index in [1.165, 1.54) is 22.2 Å². The number of hydrogen-bond acceptors (Lipinski definition) is 6. The van der Waals surface area contributed by atoms with Crippen LogP contribution in [0.1, 0.15) is 22.7 Å². The Bertz CT molecular complexity index is 824. The lowest BCUT2D eigenvalue weighted by molar-refractivity contribution is -0.127. The van der Waals surface area contributed by atoms with Crippen LogP contribution < -0.4 is 5.56 Å². The molecule has 1 fully saturated rings. The van der Waals surface area contributed by atoms with Crippen LogP contribution in [0.15, 0.2) is 4.79 Å². The average molecular weight is 382 g/mol. The van der Waals surface area contributed by atoms with E-state index in [0.717, 1.165) is 54.1 Å². The Morgan fingerprint density at radius 1 is 1.29 bits per heavy atom. The lowest BCUT2D eigenvalue weighted by Gasteiger charge is -2.26. The second-order valence-electron chi connectivity index (χ2n) is 6.04. The molecule has 24 heavy (non-hydrogen) atoms. The molecular weight excluding hydrogens is 362 g/mol. The van der Waals surface area contributed by atoms with Crippen molar-refractivity contribution in [2.75, 3.05) is 30.3 Å². The molecule has 3 heterocycles. The summed E-state index contributed by atoms with van der Waals surface area (Å²) in [5.74, 6) is 3.96. The molecule has 1 aliphatic heterocycles. The Kier molecular flexibility index (Phi) is 4.87. The Hall–Kier alpha value is -0.990. The van der Waals surface area contributed by atoms with Crippen LogP contribution >= 0.6 is 34.9 Å². The first-order valence-corrected chi connectivity index (χ1v) is 11.3. The number of amides is 1. The molecule has 128 valence electrons. The Morgan fingerprint density at radius 2 is 2.12 bits per heavy atom. The number of nitrogens with one attached hydrogen (secondary N) is 1. The van der Waals surface area contributed by atoms with Gasteiger partial charge in [0.25, 0.3) is 5.56 Å². The quantitative estimate of drug-likeness (QED) is 0.880. The molecule has 0 spiro atoms. The smallest absolute Gasteiger partial charge is 0.259 e. The number of hydrogen-bond donors (Lipinski definition) is 1. The zero-order valence-electron chi connectivity index (χ0n) is 13.3. The maximum absolute atomic E-state index is 12.4. The van der Waals surface area contributed by atoms with Crippen LogP contribution in [0.25, 0.3) is 10.2 Å². The van der Waals surface area contributed by atoms with Gasteiger partial charge in [-0.1, -0.05) is 0 Å². The highest BCUT2D eigenvalue weighted by Crippen LogP contribution is 2.34. The number of thiophene rings is 1. The highest BCUT2D eigenvalue weighted by atomic mass is 32.2. The molecule has 0 atom stereocenters. The van der Waals surface area contributed by atoms with E-state index in [9.17, 15) is 9.59 Å². The highest BCUT2D eigenvalue weighted by Gasteiger charge is 2.21. The number of fused-ring (bicyclic) bond motifs is 3. The van der Waals surface area contributed by atoms with Gasteiger partial charge in [-0.3, -0.25) is 9.59 Å². The molecule has 0 unspecified atom stereocenters. The molecule has 0 radical (unpaired) electrons. The van der Waals surface area contributed by atoms with Crippen LogP contribution in [0.5, 0.6) is 0 Å². The van der Waals surface area contributed by atoms with Crippen molar-refractivity contribution in [1.82, 2.24) is 14.9 Å². The van der Waals surface area contributed by atoms with Gasteiger partial charge in [0.15, 0.2) is 0 Å². The number of aryl methyl sites for hydroxylation is 2. The van der Waals surface area contributed by atoms with Gasteiger partial charge in [0, 0.05) is 29.5 Å². The maximum atomic E-state index is 12.4. The molecule has 2 aliphatic rings. The third kappa shape index (κ3) is 3.23. The van der Waals surface area contributed by atoms with Crippen LogP contribution in [0, 0.1) is 0 Å². The van der Waals surface area contributed by atoms with Gasteiger partial charge in [-0.15, -0.1) is 23.1 Å². The summed E-state index contributed by atoms with van der Waals surface area (Å²) in [6.07, 6.45) is 3.21. The number of aromatic nitrogens is 2. The van der Waals surface area contributed by atoms with Crippen LogP contribution in [0.4, 0.5) is 0 Å². The number of H-pyrrole nitrogens is 1. The first kappa shape index (κ1) is 16.5. The van der Waals surface area contributed by atoms with Crippen molar-refractivity contribution in [3.05, 3.63) is 26.6 Å². The molecule has 1 N–H and O–H groups in total. The van der Waals surface area contributed by atoms with Crippen molar-refractivity contribution >= 4 is 51.0 Å². The number of rotatable bonds is 4. The number of aromatic amines is 1. The minimum absolute atomic E-state index is 0.0191. The summed E-state index contributed by atoms with van der Waals surface area (Å²) in [4.78, 5) is 36.2. The molecule has 8 heteroatoms. The van der Waals surface area contributed by atoms with Gasteiger partial charge < -0.3 is 9.88 Å². The Labute approximate surface area is 152 Å². The predicted octanol–water partition coefficient (Wildman–Crippen LogP) is 2.28. The Morgan fingerprint density at radius 3 is 2.96 bits per heavy atom. The van der Waals surface area contributed by atoms with Gasteiger partial charge in [0.05, 0.1) is 16.9 Å². The van der Waals surface area contributed by atoms with E-state index >= 15 is 0 Å². The summed E-state index contributed by atoms with van der Waals surface area (Å²) in [6, 6.07) is 0. The fraction of sp³-hybridized carbons (Fsp3) is 0.562. The van der Waals surface area contributed by atoms with Crippen molar-refractivity contribution < 1.29 is 4.79 Å². The molecule has 0 saturated carbocycles. The van der Waals surface area contributed by atoms with E-state index in [-0.39, 0.29) is 11.5 Å². The minimum atomic E-state index is -0.0191. The fourth-order valence-corrected chi connectivity index (χ4v) is 6.23. The van der Waals surface area contributed by atoms with Crippen LogP contribution in [-0.2, 0) is 23.4 Å². The van der Waals surface area contributed by atoms with Crippen molar-refractivity contribution in [2.24, 2.45) is 0 Å². The van der Waals surface area contributed by atoms with Crippen LogP contribution in [-0.4, -0.2) is 51.1 Å². The SMILES string of the molecule is O=C(CSCc1nc2sc3c(c2c(=O)[nH]1)CCC3)N1CCSCC1. The van der Waals surface area contributed by atoms with Crippen molar-refractivity contribution in [1.29, 1.82) is 0 Å². The third-order valence-electron chi connectivity index (χ3n) is 4.45. The van der Waals surface area contributed by atoms with Gasteiger partial charge in [-0.2, -0.15) is 11.8 Å². The second-order valence-corrected chi connectivity index (χ2v) is 9.33. The molecule has 5 nitrogen and oxygen atoms in total.